The highest BCUT2D eigenvalue weighted by Crippen LogP contribution is 2.34. The van der Waals surface area contributed by atoms with E-state index in [0.717, 1.165) is 11.3 Å². The summed E-state index contributed by atoms with van der Waals surface area (Å²) in [6.07, 6.45) is 2.86. The molecule has 0 spiro atoms. The molecule has 0 radical (unpaired) electrons. The molecule has 4 heterocycles. The Labute approximate surface area is 215 Å². The molecule has 0 atom stereocenters. The third-order valence-electron chi connectivity index (χ3n) is 5.77. The standard InChI is InChI=1S/C25H21N7O4S/c1-14-9-16(17-10-15(11-26)3-4-20(17)35-2)18(12-27-14)22(33)31-25-30-21-23(37-25)29-19(13-28-21)24(34)32-5-7-36-8-6-32/h3-4,9-10,12-13H,5-8H2,1-2H3,(H,28,30,31,33). The van der Waals surface area contributed by atoms with Crippen molar-refractivity contribution in [3.63, 3.8) is 0 Å². The van der Waals surface area contributed by atoms with E-state index in [1.807, 2.05) is 6.92 Å². The van der Waals surface area contributed by atoms with Gasteiger partial charge in [-0.1, -0.05) is 11.3 Å². The van der Waals surface area contributed by atoms with Crippen LogP contribution < -0.4 is 10.1 Å². The van der Waals surface area contributed by atoms with Crippen LogP contribution in [0.2, 0.25) is 0 Å². The highest BCUT2D eigenvalue weighted by Gasteiger charge is 2.22. The fourth-order valence-electron chi connectivity index (χ4n) is 3.92. The molecule has 5 rings (SSSR count). The molecule has 186 valence electrons. The number of rotatable bonds is 5. The largest absolute Gasteiger partial charge is 0.496 e. The number of carbonyl (C=O) groups is 2. The number of nitrogens with one attached hydrogen (secondary N) is 1. The van der Waals surface area contributed by atoms with Gasteiger partial charge in [-0.2, -0.15) is 10.2 Å². The Morgan fingerprint density at radius 2 is 1.95 bits per heavy atom. The van der Waals surface area contributed by atoms with E-state index in [4.69, 9.17) is 9.47 Å². The van der Waals surface area contributed by atoms with Crippen LogP contribution >= 0.6 is 11.3 Å². The van der Waals surface area contributed by atoms with Crippen LogP contribution in [-0.4, -0.2) is 70.1 Å². The van der Waals surface area contributed by atoms with Gasteiger partial charge in [0.2, 0.25) is 0 Å². The lowest BCUT2D eigenvalue weighted by atomic mass is 9.97. The molecule has 2 amide bonds. The van der Waals surface area contributed by atoms with Crippen molar-refractivity contribution in [3.8, 4) is 22.9 Å². The number of fused-ring (bicyclic) bond motifs is 1. The normalized spacial score (nSPS) is 13.3. The van der Waals surface area contributed by atoms with E-state index >= 15 is 0 Å². The average molecular weight is 516 g/mol. The van der Waals surface area contributed by atoms with Gasteiger partial charge in [0, 0.05) is 36.1 Å². The SMILES string of the molecule is COc1ccc(C#N)cc1-c1cc(C)ncc1C(=O)Nc1nc2ncc(C(=O)N3CCOCC3)nc2s1. The molecule has 0 unspecified atom stereocenters. The number of methoxy groups -OCH3 is 1. The van der Waals surface area contributed by atoms with Crippen molar-refractivity contribution in [1.29, 1.82) is 5.26 Å². The second kappa shape index (κ2) is 10.3. The van der Waals surface area contributed by atoms with Crippen LogP contribution in [0.15, 0.2) is 36.7 Å². The number of amides is 2. The molecular weight excluding hydrogens is 494 g/mol. The Morgan fingerprint density at radius 3 is 2.70 bits per heavy atom. The maximum atomic E-state index is 13.3. The number of ether oxygens (including phenoxy) is 2. The molecule has 3 aromatic heterocycles. The van der Waals surface area contributed by atoms with Crippen LogP contribution in [0.4, 0.5) is 5.13 Å². The van der Waals surface area contributed by atoms with E-state index in [1.165, 1.54) is 19.5 Å². The summed E-state index contributed by atoms with van der Waals surface area (Å²) in [4.78, 5) is 45.5. The Kier molecular flexibility index (Phi) is 6.72. The molecule has 4 aromatic rings. The number of pyridine rings is 1. The van der Waals surface area contributed by atoms with Crippen molar-refractivity contribution in [2.45, 2.75) is 6.92 Å². The number of aromatic nitrogens is 4. The smallest absolute Gasteiger partial charge is 0.274 e. The lowest BCUT2D eigenvalue weighted by Crippen LogP contribution is -2.41. The molecule has 37 heavy (non-hydrogen) atoms. The molecule has 1 aliphatic heterocycles. The second-order valence-electron chi connectivity index (χ2n) is 8.16. The molecule has 0 bridgehead atoms. The summed E-state index contributed by atoms with van der Waals surface area (Å²) in [5, 5.41) is 12.4. The van der Waals surface area contributed by atoms with Gasteiger partial charge in [0.05, 0.1) is 43.7 Å². The van der Waals surface area contributed by atoms with Gasteiger partial charge in [-0.3, -0.25) is 19.9 Å². The first-order valence-electron chi connectivity index (χ1n) is 11.3. The Morgan fingerprint density at radius 1 is 1.14 bits per heavy atom. The van der Waals surface area contributed by atoms with E-state index in [1.54, 1.807) is 29.2 Å². The predicted octanol–water partition coefficient (Wildman–Crippen LogP) is 3.06. The van der Waals surface area contributed by atoms with E-state index in [0.29, 0.717) is 64.9 Å². The van der Waals surface area contributed by atoms with Crippen LogP contribution in [-0.2, 0) is 4.74 Å². The van der Waals surface area contributed by atoms with Gasteiger partial charge in [0.1, 0.15) is 11.4 Å². The summed E-state index contributed by atoms with van der Waals surface area (Å²) in [6.45, 7) is 3.78. The number of thiazole rings is 1. The maximum Gasteiger partial charge on any atom is 0.274 e. The lowest BCUT2D eigenvalue weighted by molar-refractivity contribution is 0.0299. The second-order valence-corrected chi connectivity index (χ2v) is 9.14. The topological polar surface area (TPSA) is 143 Å². The van der Waals surface area contributed by atoms with Crippen molar-refractivity contribution < 1.29 is 19.1 Å². The van der Waals surface area contributed by atoms with Gasteiger partial charge in [-0.25, -0.2) is 9.97 Å². The van der Waals surface area contributed by atoms with Crippen molar-refractivity contribution in [3.05, 3.63) is 59.2 Å². The summed E-state index contributed by atoms with van der Waals surface area (Å²) in [7, 11) is 1.53. The summed E-state index contributed by atoms with van der Waals surface area (Å²) >= 11 is 1.12. The number of nitrogens with zero attached hydrogens (tertiary/aromatic N) is 6. The molecule has 1 aromatic carbocycles. The fourth-order valence-corrected chi connectivity index (χ4v) is 4.72. The molecule has 0 saturated carbocycles. The third kappa shape index (κ3) is 4.95. The number of hydrogen-bond acceptors (Lipinski definition) is 10. The number of carbonyl (C=O) groups excluding carboxylic acids is 2. The quantitative estimate of drug-likeness (QED) is 0.424. The van der Waals surface area contributed by atoms with Gasteiger partial charge in [-0.15, -0.1) is 0 Å². The third-order valence-corrected chi connectivity index (χ3v) is 6.62. The molecule has 11 nitrogen and oxygen atoms in total. The first kappa shape index (κ1) is 24.2. The number of aryl methyl sites for hydroxylation is 1. The molecule has 0 aliphatic carbocycles. The van der Waals surface area contributed by atoms with E-state index in [9.17, 15) is 14.9 Å². The average Bonchev–Trinajstić information content (AvgIpc) is 3.34. The predicted molar refractivity (Wildman–Crippen MR) is 136 cm³/mol. The molecular formula is C25H21N7O4S. The van der Waals surface area contributed by atoms with E-state index < -0.39 is 5.91 Å². The van der Waals surface area contributed by atoms with Crippen molar-refractivity contribution >= 4 is 38.8 Å². The Hall–Kier alpha value is -4.47. The van der Waals surface area contributed by atoms with Crippen molar-refractivity contribution in [2.24, 2.45) is 0 Å². The molecule has 1 N–H and O–H groups in total. The monoisotopic (exact) mass is 515 g/mol. The minimum atomic E-state index is -0.449. The number of hydrogen-bond donors (Lipinski definition) is 1. The summed E-state index contributed by atoms with van der Waals surface area (Å²) in [5.74, 6) is -0.152. The van der Waals surface area contributed by atoms with Crippen LogP contribution in [0.5, 0.6) is 5.75 Å². The van der Waals surface area contributed by atoms with E-state index in [-0.39, 0.29) is 22.3 Å². The van der Waals surface area contributed by atoms with Gasteiger partial charge >= 0.3 is 0 Å². The van der Waals surface area contributed by atoms with Crippen LogP contribution in [0, 0.1) is 18.3 Å². The molecule has 1 aliphatic rings. The first-order chi connectivity index (χ1) is 18.0. The zero-order valence-corrected chi connectivity index (χ0v) is 20.8. The van der Waals surface area contributed by atoms with Gasteiger partial charge in [0.25, 0.3) is 11.8 Å². The van der Waals surface area contributed by atoms with Gasteiger partial charge in [-0.05, 0) is 31.2 Å². The Bertz CT molecular complexity index is 1560. The maximum absolute atomic E-state index is 13.3. The Balaban J connectivity index is 1.44. The highest BCUT2D eigenvalue weighted by molar-refractivity contribution is 7.21. The minimum Gasteiger partial charge on any atom is -0.496 e. The number of anilines is 1. The number of benzene rings is 1. The molecule has 12 heteroatoms. The van der Waals surface area contributed by atoms with Crippen LogP contribution in [0.1, 0.15) is 32.1 Å². The fraction of sp³-hybridized carbons (Fsp3) is 0.240. The van der Waals surface area contributed by atoms with E-state index in [2.05, 4.69) is 31.3 Å². The van der Waals surface area contributed by atoms with Crippen LogP contribution in [0.25, 0.3) is 21.6 Å². The molecule has 1 fully saturated rings. The van der Waals surface area contributed by atoms with Crippen molar-refractivity contribution in [1.82, 2.24) is 24.8 Å². The van der Waals surface area contributed by atoms with Gasteiger partial charge in [0.15, 0.2) is 15.6 Å². The van der Waals surface area contributed by atoms with Gasteiger partial charge < -0.3 is 14.4 Å². The first-order valence-corrected chi connectivity index (χ1v) is 12.2. The number of morpholine rings is 1. The van der Waals surface area contributed by atoms with Crippen molar-refractivity contribution in [2.75, 3.05) is 38.7 Å². The number of nitriles is 1. The zero-order valence-electron chi connectivity index (χ0n) is 20.0. The molecule has 1 saturated heterocycles. The lowest BCUT2D eigenvalue weighted by Gasteiger charge is -2.26. The summed E-state index contributed by atoms with van der Waals surface area (Å²) < 4.78 is 10.8. The highest BCUT2D eigenvalue weighted by atomic mass is 32.1. The zero-order chi connectivity index (χ0) is 25.9. The minimum absolute atomic E-state index is 0.213. The summed E-state index contributed by atoms with van der Waals surface area (Å²) in [6, 6.07) is 8.88. The summed E-state index contributed by atoms with van der Waals surface area (Å²) in [5.41, 5.74) is 3.10. The van der Waals surface area contributed by atoms with Crippen LogP contribution in [0.3, 0.4) is 0 Å².